The van der Waals surface area contributed by atoms with Gasteiger partial charge in [0.25, 0.3) is 0 Å². The van der Waals surface area contributed by atoms with Crippen molar-refractivity contribution in [2.75, 3.05) is 7.11 Å². The number of halogens is 1. The summed E-state index contributed by atoms with van der Waals surface area (Å²) in [6.45, 7) is 2.06. The van der Waals surface area contributed by atoms with Gasteiger partial charge in [0, 0.05) is 14.3 Å². The van der Waals surface area contributed by atoms with Crippen molar-refractivity contribution in [3.63, 3.8) is 0 Å². The molecule has 0 aromatic heterocycles. The standard InChI is InChI=1S/C15H13BrO2S/c1-10-9-13(7-8-14(10)16)19-12-5-3-11(4-6-12)15(17)18-2/h3-9H,1-2H3. The molecule has 0 aliphatic heterocycles. The third-order valence-corrected chi connectivity index (χ3v) is 4.53. The summed E-state index contributed by atoms with van der Waals surface area (Å²) in [7, 11) is 1.38. The zero-order valence-electron chi connectivity index (χ0n) is 10.6. The zero-order chi connectivity index (χ0) is 13.8. The molecule has 0 atom stereocenters. The van der Waals surface area contributed by atoms with Crippen molar-refractivity contribution in [3.05, 3.63) is 58.1 Å². The number of esters is 1. The maximum Gasteiger partial charge on any atom is 0.337 e. The van der Waals surface area contributed by atoms with E-state index in [9.17, 15) is 4.79 Å². The first kappa shape index (κ1) is 14.2. The first-order valence-corrected chi connectivity index (χ1v) is 7.33. The fourth-order valence-electron chi connectivity index (χ4n) is 1.59. The molecule has 0 spiro atoms. The summed E-state index contributed by atoms with van der Waals surface area (Å²) < 4.78 is 5.78. The molecule has 2 rings (SSSR count). The van der Waals surface area contributed by atoms with Gasteiger partial charge in [0.2, 0.25) is 0 Å². The van der Waals surface area contributed by atoms with E-state index in [1.807, 2.05) is 18.2 Å². The largest absolute Gasteiger partial charge is 0.465 e. The molecule has 98 valence electrons. The van der Waals surface area contributed by atoms with Gasteiger partial charge in [0.1, 0.15) is 0 Å². The number of aryl methyl sites for hydroxylation is 1. The predicted octanol–water partition coefficient (Wildman–Crippen LogP) is 4.70. The SMILES string of the molecule is COC(=O)c1ccc(Sc2ccc(Br)c(C)c2)cc1. The Morgan fingerprint density at radius 1 is 1.11 bits per heavy atom. The van der Waals surface area contributed by atoms with Crippen molar-refractivity contribution in [1.82, 2.24) is 0 Å². The van der Waals surface area contributed by atoms with Gasteiger partial charge in [-0.3, -0.25) is 0 Å². The lowest BCUT2D eigenvalue weighted by Crippen LogP contribution is -2.00. The Morgan fingerprint density at radius 3 is 2.32 bits per heavy atom. The molecule has 0 heterocycles. The lowest BCUT2D eigenvalue weighted by molar-refractivity contribution is 0.0600. The fourth-order valence-corrected chi connectivity index (χ4v) is 2.76. The third kappa shape index (κ3) is 3.61. The van der Waals surface area contributed by atoms with Crippen molar-refractivity contribution in [2.45, 2.75) is 16.7 Å². The van der Waals surface area contributed by atoms with Gasteiger partial charge in [-0.25, -0.2) is 4.79 Å². The molecule has 0 saturated heterocycles. The Bertz CT molecular complexity index is 594. The molecular formula is C15H13BrO2S. The van der Waals surface area contributed by atoms with Crippen molar-refractivity contribution in [3.8, 4) is 0 Å². The summed E-state index contributed by atoms with van der Waals surface area (Å²) in [5, 5.41) is 0. The van der Waals surface area contributed by atoms with Crippen molar-refractivity contribution >= 4 is 33.7 Å². The van der Waals surface area contributed by atoms with Crippen molar-refractivity contribution in [1.29, 1.82) is 0 Å². The molecule has 0 saturated carbocycles. The lowest BCUT2D eigenvalue weighted by atomic mass is 10.2. The van der Waals surface area contributed by atoms with E-state index in [4.69, 9.17) is 0 Å². The molecular weight excluding hydrogens is 324 g/mol. The summed E-state index contributed by atoms with van der Waals surface area (Å²) in [6.07, 6.45) is 0. The fraction of sp³-hybridized carbons (Fsp3) is 0.133. The number of benzene rings is 2. The second kappa shape index (κ2) is 6.26. The van der Waals surface area contributed by atoms with Crippen LogP contribution in [0.1, 0.15) is 15.9 Å². The monoisotopic (exact) mass is 336 g/mol. The van der Waals surface area contributed by atoms with Crippen LogP contribution in [0.25, 0.3) is 0 Å². The minimum absolute atomic E-state index is 0.309. The molecule has 2 aromatic carbocycles. The molecule has 0 bridgehead atoms. The molecule has 0 fully saturated rings. The Morgan fingerprint density at radius 2 is 1.74 bits per heavy atom. The van der Waals surface area contributed by atoms with E-state index in [1.165, 1.54) is 17.6 Å². The van der Waals surface area contributed by atoms with Gasteiger partial charge < -0.3 is 4.74 Å². The number of ether oxygens (including phenoxy) is 1. The van der Waals surface area contributed by atoms with Crippen molar-refractivity contribution in [2.24, 2.45) is 0 Å². The molecule has 0 aliphatic rings. The second-order valence-electron chi connectivity index (χ2n) is 4.03. The minimum Gasteiger partial charge on any atom is -0.465 e. The van der Waals surface area contributed by atoms with Crippen LogP contribution in [0.4, 0.5) is 0 Å². The van der Waals surface area contributed by atoms with Crippen molar-refractivity contribution < 1.29 is 9.53 Å². The van der Waals surface area contributed by atoms with E-state index < -0.39 is 0 Å². The first-order valence-electron chi connectivity index (χ1n) is 5.72. The van der Waals surface area contributed by atoms with Crippen LogP contribution in [-0.4, -0.2) is 13.1 Å². The quantitative estimate of drug-likeness (QED) is 0.760. The van der Waals surface area contributed by atoms with Crippen LogP contribution in [0.2, 0.25) is 0 Å². The summed E-state index contributed by atoms with van der Waals surface area (Å²) in [5.74, 6) is -0.309. The zero-order valence-corrected chi connectivity index (χ0v) is 13.0. The van der Waals surface area contributed by atoms with E-state index in [1.54, 1.807) is 23.9 Å². The van der Waals surface area contributed by atoms with Crippen LogP contribution in [0.15, 0.2) is 56.7 Å². The highest BCUT2D eigenvalue weighted by atomic mass is 79.9. The maximum atomic E-state index is 11.3. The highest BCUT2D eigenvalue weighted by Crippen LogP contribution is 2.30. The molecule has 0 aliphatic carbocycles. The normalized spacial score (nSPS) is 10.3. The van der Waals surface area contributed by atoms with Crippen LogP contribution in [0, 0.1) is 6.92 Å². The Labute approximate surface area is 125 Å². The molecule has 0 N–H and O–H groups in total. The lowest BCUT2D eigenvalue weighted by Gasteiger charge is -2.05. The van der Waals surface area contributed by atoms with E-state index in [0.717, 1.165) is 9.37 Å². The number of methoxy groups -OCH3 is 1. The van der Waals surface area contributed by atoms with Crippen LogP contribution in [0.3, 0.4) is 0 Å². The average molecular weight is 337 g/mol. The summed E-state index contributed by atoms with van der Waals surface area (Å²) in [6, 6.07) is 13.6. The Balaban J connectivity index is 2.15. The third-order valence-electron chi connectivity index (χ3n) is 2.64. The van der Waals surface area contributed by atoms with Gasteiger partial charge in [0.05, 0.1) is 12.7 Å². The van der Waals surface area contributed by atoms with Crippen LogP contribution in [-0.2, 0) is 4.74 Å². The molecule has 0 amide bonds. The van der Waals surface area contributed by atoms with E-state index in [-0.39, 0.29) is 5.97 Å². The van der Waals surface area contributed by atoms with Crippen LogP contribution in [0.5, 0.6) is 0 Å². The molecule has 2 nitrogen and oxygen atoms in total. The van der Waals surface area contributed by atoms with Gasteiger partial charge in [-0.15, -0.1) is 0 Å². The van der Waals surface area contributed by atoms with Crippen LogP contribution >= 0.6 is 27.7 Å². The van der Waals surface area contributed by atoms with Gasteiger partial charge in [-0.1, -0.05) is 27.7 Å². The predicted molar refractivity (Wildman–Crippen MR) is 80.8 cm³/mol. The smallest absolute Gasteiger partial charge is 0.337 e. The molecule has 0 unspecified atom stereocenters. The summed E-state index contributed by atoms with van der Waals surface area (Å²) in [5.41, 5.74) is 1.77. The molecule has 0 radical (unpaired) electrons. The Hall–Kier alpha value is -1.26. The highest BCUT2D eigenvalue weighted by Gasteiger charge is 2.05. The molecule has 19 heavy (non-hydrogen) atoms. The topological polar surface area (TPSA) is 26.3 Å². The van der Waals surface area contributed by atoms with E-state index >= 15 is 0 Å². The maximum absolute atomic E-state index is 11.3. The van der Waals surface area contributed by atoms with Gasteiger partial charge in [-0.2, -0.15) is 0 Å². The number of hydrogen-bond donors (Lipinski definition) is 0. The number of carbonyl (C=O) groups excluding carboxylic acids is 1. The van der Waals surface area contributed by atoms with E-state index in [0.29, 0.717) is 5.56 Å². The summed E-state index contributed by atoms with van der Waals surface area (Å²) in [4.78, 5) is 13.6. The minimum atomic E-state index is -0.309. The van der Waals surface area contributed by atoms with Crippen LogP contribution < -0.4 is 0 Å². The number of hydrogen-bond acceptors (Lipinski definition) is 3. The average Bonchev–Trinajstić information content (AvgIpc) is 2.43. The number of rotatable bonds is 3. The first-order chi connectivity index (χ1) is 9.10. The molecule has 4 heteroatoms. The van der Waals surface area contributed by atoms with Gasteiger partial charge in [-0.05, 0) is 55.0 Å². The number of carbonyl (C=O) groups is 1. The Kier molecular flexibility index (Phi) is 4.66. The highest BCUT2D eigenvalue weighted by molar-refractivity contribution is 9.10. The summed E-state index contributed by atoms with van der Waals surface area (Å²) >= 11 is 5.15. The van der Waals surface area contributed by atoms with E-state index in [2.05, 4.69) is 39.7 Å². The second-order valence-corrected chi connectivity index (χ2v) is 6.03. The molecule has 2 aromatic rings. The van der Waals surface area contributed by atoms with Gasteiger partial charge in [0.15, 0.2) is 0 Å². The van der Waals surface area contributed by atoms with Gasteiger partial charge >= 0.3 is 5.97 Å².